The molecule has 0 unspecified atom stereocenters. The minimum absolute atomic E-state index is 0.246. The third-order valence-corrected chi connectivity index (χ3v) is 3.26. The van der Waals surface area contributed by atoms with Gasteiger partial charge in [-0.3, -0.25) is 0 Å². The van der Waals surface area contributed by atoms with E-state index < -0.39 is 0 Å². The van der Waals surface area contributed by atoms with Crippen LogP contribution >= 0.6 is 0 Å². The van der Waals surface area contributed by atoms with Crippen LogP contribution in [-0.4, -0.2) is 22.2 Å². The molecule has 0 bridgehead atoms. The first-order chi connectivity index (χ1) is 11.1. The predicted octanol–water partition coefficient (Wildman–Crippen LogP) is 3.26. The molecule has 0 aliphatic rings. The highest BCUT2D eigenvalue weighted by atomic mass is 16.5. The number of nitrogens with one attached hydrogen (secondary N) is 2. The number of aryl methyl sites for hydroxylation is 1. The third-order valence-electron chi connectivity index (χ3n) is 3.26. The molecule has 2 N–H and O–H groups in total. The second kappa shape index (κ2) is 8.22. The molecular weight excluding hydrogens is 292 g/mol. The number of carbonyl (C=O) groups is 1. The van der Waals surface area contributed by atoms with Gasteiger partial charge in [0, 0.05) is 18.4 Å². The summed E-state index contributed by atoms with van der Waals surface area (Å²) in [7, 11) is 0. The fraction of sp³-hybridized carbons (Fsp3) is 0.412. The molecule has 23 heavy (non-hydrogen) atoms. The Bertz CT molecular complexity index is 620. The van der Waals surface area contributed by atoms with Crippen LogP contribution in [0.2, 0.25) is 0 Å². The van der Waals surface area contributed by atoms with Crippen LogP contribution < -0.4 is 15.4 Å². The third kappa shape index (κ3) is 5.32. The summed E-state index contributed by atoms with van der Waals surface area (Å²) in [6.07, 6.45) is 3.51. The van der Waals surface area contributed by atoms with Crippen LogP contribution in [-0.2, 0) is 13.1 Å². The van der Waals surface area contributed by atoms with Crippen molar-refractivity contribution in [2.75, 3.05) is 11.9 Å². The zero-order valence-electron chi connectivity index (χ0n) is 13.9. The molecule has 0 saturated carbocycles. The number of anilines is 1. The minimum atomic E-state index is -0.246. The van der Waals surface area contributed by atoms with Gasteiger partial charge >= 0.3 is 6.03 Å². The monoisotopic (exact) mass is 316 g/mol. The van der Waals surface area contributed by atoms with E-state index in [1.54, 1.807) is 12.5 Å². The van der Waals surface area contributed by atoms with E-state index >= 15 is 0 Å². The standard InChI is InChI=1S/C17H24N4O2/c1-4-21-12-18-9-15(21)10-19-17(22)20-14-5-7-16(8-6-14)23-11-13(2)3/h5-9,12-13H,4,10-11H2,1-3H3,(H2,19,20,22). The fourth-order valence-electron chi connectivity index (χ4n) is 2.02. The van der Waals surface area contributed by atoms with Gasteiger partial charge in [-0.25, -0.2) is 9.78 Å². The number of amides is 2. The van der Waals surface area contributed by atoms with Crippen molar-refractivity contribution in [2.45, 2.75) is 33.9 Å². The lowest BCUT2D eigenvalue weighted by Crippen LogP contribution is -2.29. The van der Waals surface area contributed by atoms with E-state index in [0.717, 1.165) is 23.7 Å². The van der Waals surface area contributed by atoms with Gasteiger partial charge in [0.05, 0.1) is 25.2 Å². The Kier molecular flexibility index (Phi) is 6.02. The average molecular weight is 316 g/mol. The number of urea groups is 1. The van der Waals surface area contributed by atoms with Crippen LogP contribution in [0.3, 0.4) is 0 Å². The maximum atomic E-state index is 11.9. The second-order valence-electron chi connectivity index (χ2n) is 5.71. The summed E-state index contributed by atoms with van der Waals surface area (Å²) in [5.41, 5.74) is 1.70. The lowest BCUT2D eigenvalue weighted by atomic mass is 10.2. The van der Waals surface area contributed by atoms with Crippen molar-refractivity contribution in [2.24, 2.45) is 5.92 Å². The zero-order valence-corrected chi connectivity index (χ0v) is 13.9. The summed E-state index contributed by atoms with van der Waals surface area (Å²) in [6.45, 7) is 8.19. The number of aromatic nitrogens is 2. The SMILES string of the molecule is CCn1cncc1CNC(=O)Nc1ccc(OCC(C)C)cc1. The lowest BCUT2D eigenvalue weighted by molar-refractivity contribution is 0.251. The lowest BCUT2D eigenvalue weighted by Gasteiger charge is -2.11. The van der Waals surface area contributed by atoms with Gasteiger partial charge in [0.25, 0.3) is 0 Å². The summed E-state index contributed by atoms with van der Waals surface area (Å²) >= 11 is 0. The van der Waals surface area contributed by atoms with E-state index in [9.17, 15) is 4.79 Å². The van der Waals surface area contributed by atoms with Crippen LogP contribution in [0.25, 0.3) is 0 Å². The van der Waals surface area contributed by atoms with Gasteiger partial charge in [0.15, 0.2) is 0 Å². The summed E-state index contributed by atoms with van der Waals surface area (Å²) in [5, 5.41) is 5.62. The molecular formula is C17H24N4O2. The summed E-state index contributed by atoms with van der Waals surface area (Å²) in [4.78, 5) is 16.0. The molecule has 0 atom stereocenters. The van der Waals surface area contributed by atoms with E-state index in [-0.39, 0.29) is 6.03 Å². The van der Waals surface area contributed by atoms with E-state index in [4.69, 9.17) is 4.74 Å². The Morgan fingerprint density at radius 3 is 2.70 bits per heavy atom. The maximum Gasteiger partial charge on any atom is 0.319 e. The second-order valence-corrected chi connectivity index (χ2v) is 5.71. The van der Waals surface area contributed by atoms with Crippen molar-refractivity contribution in [3.63, 3.8) is 0 Å². The first kappa shape index (κ1) is 16.9. The fourth-order valence-corrected chi connectivity index (χ4v) is 2.02. The summed E-state index contributed by atoms with van der Waals surface area (Å²) < 4.78 is 7.60. The van der Waals surface area contributed by atoms with Crippen molar-refractivity contribution in [3.8, 4) is 5.75 Å². The number of ether oxygens (including phenoxy) is 1. The molecule has 1 aromatic carbocycles. The molecule has 0 fully saturated rings. The first-order valence-corrected chi connectivity index (χ1v) is 7.85. The highest BCUT2D eigenvalue weighted by Crippen LogP contribution is 2.16. The largest absolute Gasteiger partial charge is 0.493 e. The summed E-state index contributed by atoms with van der Waals surface area (Å²) in [5.74, 6) is 1.28. The molecule has 6 heteroatoms. The van der Waals surface area contributed by atoms with E-state index in [1.165, 1.54) is 0 Å². The average Bonchev–Trinajstić information content (AvgIpc) is 3.00. The quantitative estimate of drug-likeness (QED) is 0.824. The number of hydrogen-bond donors (Lipinski definition) is 2. The molecule has 2 aromatic rings. The van der Waals surface area contributed by atoms with Gasteiger partial charge in [-0.05, 0) is 37.1 Å². The molecule has 0 spiro atoms. The normalized spacial score (nSPS) is 10.6. The van der Waals surface area contributed by atoms with Crippen LogP contribution in [0.4, 0.5) is 10.5 Å². The van der Waals surface area contributed by atoms with Crippen molar-refractivity contribution in [1.29, 1.82) is 0 Å². The molecule has 0 aliphatic carbocycles. The van der Waals surface area contributed by atoms with Gasteiger partial charge in [-0.15, -0.1) is 0 Å². The number of rotatable bonds is 7. The highest BCUT2D eigenvalue weighted by Gasteiger charge is 2.05. The van der Waals surface area contributed by atoms with Crippen molar-refractivity contribution in [1.82, 2.24) is 14.9 Å². The molecule has 124 valence electrons. The Morgan fingerprint density at radius 1 is 1.30 bits per heavy atom. The van der Waals surface area contributed by atoms with E-state index in [0.29, 0.717) is 19.1 Å². The molecule has 2 amide bonds. The van der Waals surface area contributed by atoms with Gasteiger partial charge in [0.2, 0.25) is 0 Å². The molecule has 0 radical (unpaired) electrons. The van der Waals surface area contributed by atoms with E-state index in [1.807, 2.05) is 35.8 Å². The van der Waals surface area contributed by atoms with Crippen LogP contribution in [0.15, 0.2) is 36.8 Å². The van der Waals surface area contributed by atoms with Crippen molar-refractivity contribution in [3.05, 3.63) is 42.5 Å². The molecule has 1 aromatic heterocycles. The predicted molar refractivity (Wildman–Crippen MR) is 90.5 cm³/mol. The number of imidazole rings is 1. The Balaban J connectivity index is 1.81. The Hall–Kier alpha value is -2.50. The van der Waals surface area contributed by atoms with Crippen molar-refractivity contribution < 1.29 is 9.53 Å². The van der Waals surface area contributed by atoms with Gasteiger partial charge in [-0.2, -0.15) is 0 Å². The number of carbonyl (C=O) groups excluding carboxylic acids is 1. The Morgan fingerprint density at radius 2 is 2.04 bits per heavy atom. The van der Waals surface area contributed by atoms with Gasteiger partial charge < -0.3 is 19.9 Å². The van der Waals surface area contributed by atoms with Crippen molar-refractivity contribution >= 4 is 11.7 Å². The molecule has 2 rings (SSSR count). The molecule has 6 nitrogen and oxygen atoms in total. The highest BCUT2D eigenvalue weighted by molar-refractivity contribution is 5.89. The number of hydrogen-bond acceptors (Lipinski definition) is 3. The van der Waals surface area contributed by atoms with Gasteiger partial charge in [-0.1, -0.05) is 13.8 Å². The van der Waals surface area contributed by atoms with E-state index in [2.05, 4.69) is 29.5 Å². The molecule has 1 heterocycles. The topological polar surface area (TPSA) is 68.2 Å². The van der Waals surface area contributed by atoms with Crippen LogP contribution in [0, 0.1) is 5.92 Å². The molecule has 0 aliphatic heterocycles. The Labute approximate surface area is 136 Å². The summed E-state index contributed by atoms with van der Waals surface area (Å²) in [6, 6.07) is 7.11. The first-order valence-electron chi connectivity index (χ1n) is 7.85. The van der Waals surface area contributed by atoms with Gasteiger partial charge in [0.1, 0.15) is 5.75 Å². The smallest absolute Gasteiger partial charge is 0.319 e. The minimum Gasteiger partial charge on any atom is -0.493 e. The maximum absolute atomic E-state index is 11.9. The van der Waals surface area contributed by atoms with Crippen LogP contribution in [0.1, 0.15) is 26.5 Å². The number of benzene rings is 1. The van der Waals surface area contributed by atoms with Crippen LogP contribution in [0.5, 0.6) is 5.75 Å². The number of nitrogens with zero attached hydrogens (tertiary/aromatic N) is 2. The zero-order chi connectivity index (χ0) is 16.7. The molecule has 0 saturated heterocycles.